The van der Waals surface area contributed by atoms with E-state index in [0.717, 1.165) is 11.1 Å². The van der Waals surface area contributed by atoms with Crippen molar-refractivity contribution in [3.63, 3.8) is 0 Å². The summed E-state index contributed by atoms with van der Waals surface area (Å²) < 4.78 is 27.8. The molecule has 0 amide bonds. The van der Waals surface area contributed by atoms with Crippen molar-refractivity contribution in [2.45, 2.75) is 18.0 Å². The molecule has 0 unspecified atom stereocenters. The predicted molar refractivity (Wildman–Crippen MR) is 104 cm³/mol. The van der Waals surface area contributed by atoms with Crippen LogP contribution in [0.5, 0.6) is 0 Å². The van der Waals surface area contributed by atoms with Crippen LogP contribution in [0.25, 0.3) is 0 Å². The van der Waals surface area contributed by atoms with Gasteiger partial charge in [-0.15, -0.1) is 0 Å². The molecule has 0 N–H and O–H groups in total. The Bertz CT molecular complexity index is 995. The molecular weight excluding hydrogens is 391 g/mol. The van der Waals surface area contributed by atoms with Crippen LogP contribution in [0.1, 0.15) is 11.1 Å². The lowest BCUT2D eigenvalue weighted by Gasteiger charge is -2.23. The summed E-state index contributed by atoms with van der Waals surface area (Å²) in [5.74, 6) is 0. The second-order valence-electron chi connectivity index (χ2n) is 5.70. The number of benzene rings is 2. The van der Waals surface area contributed by atoms with E-state index < -0.39 is 10.0 Å². The van der Waals surface area contributed by atoms with Crippen LogP contribution in [-0.2, 0) is 23.1 Å². The molecule has 4 nitrogen and oxygen atoms in total. The smallest absolute Gasteiger partial charge is 0.243 e. The quantitative estimate of drug-likeness (QED) is 0.553. The Morgan fingerprint density at radius 3 is 2.27 bits per heavy atom. The van der Waals surface area contributed by atoms with Crippen molar-refractivity contribution in [1.82, 2.24) is 9.29 Å². The summed E-state index contributed by atoms with van der Waals surface area (Å²) in [7, 11) is -3.75. The van der Waals surface area contributed by atoms with Crippen LogP contribution in [0.15, 0.2) is 77.8 Å². The van der Waals surface area contributed by atoms with Gasteiger partial charge in [-0.2, -0.15) is 4.31 Å². The Hall–Kier alpha value is -1.92. The molecule has 3 aromatic rings. The first-order valence-electron chi connectivity index (χ1n) is 7.85. The molecule has 0 atom stereocenters. The van der Waals surface area contributed by atoms with Gasteiger partial charge in [0, 0.05) is 24.3 Å². The van der Waals surface area contributed by atoms with Crippen LogP contribution >= 0.6 is 23.2 Å². The van der Waals surface area contributed by atoms with E-state index in [4.69, 9.17) is 23.2 Å². The summed E-state index contributed by atoms with van der Waals surface area (Å²) in [6, 6.07) is 19.1. The molecule has 1 aromatic heterocycles. The van der Waals surface area contributed by atoms with Gasteiger partial charge in [0.05, 0.1) is 4.90 Å². The van der Waals surface area contributed by atoms with Gasteiger partial charge >= 0.3 is 0 Å². The molecule has 0 saturated carbocycles. The first-order valence-corrected chi connectivity index (χ1v) is 10.0. The maximum absolute atomic E-state index is 13.2. The number of hydrogen-bond acceptors (Lipinski definition) is 3. The first kappa shape index (κ1) is 18.9. The maximum Gasteiger partial charge on any atom is 0.243 e. The number of nitrogens with zero attached hydrogens (tertiary/aromatic N) is 2. The summed E-state index contributed by atoms with van der Waals surface area (Å²) in [5.41, 5.74) is 1.64. The Morgan fingerprint density at radius 1 is 0.846 bits per heavy atom. The Balaban J connectivity index is 1.99. The molecule has 0 aliphatic heterocycles. The van der Waals surface area contributed by atoms with Crippen molar-refractivity contribution in [3.05, 3.63) is 94.2 Å². The Kier molecular flexibility index (Phi) is 5.94. The summed E-state index contributed by atoms with van der Waals surface area (Å²) in [4.78, 5) is 4.10. The molecule has 0 fully saturated rings. The summed E-state index contributed by atoms with van der Waals surface area (Å²) >= 11 is 11.9. The monoisotopic (exact) mass is 406 g/mol. The van der Waals surface area contributed by atoms with Crippen LogP contribution in [0.3, 0.4) is 0 Å². The van der Waals surface area contributed by atoms with Gasteiger partial charge in [0.2, 0.25) is 10.0 Å². The summed E-state index contributed by atoms with van der Waals surface area (Å²) in [6.45, 7) is 0.404. The zero-order chi connectivity index (χ0) is 18.6. The van der Waals surface area contributed by atoms with Crippen molar-refractivity contribution in [3.8, 4) is 0 Å². The Labute approximate surface area is 163 Å². The SMILES string of the molecule is O=S(=O)(c1cccc(Cl)c1)N(Cc1ccccc1)Cc1ccnc(Cl)c1. The van der Waals surface area contributed by atoms with Crippen LogP contribution in [-0.4, -0.2) is 17.7 Å². The molecule has 0 radical (unpaired) electrons. The van der Waals surface area contributed by atoms with Gasteiger partial charge in [-0.25, -0.2) is 13.4 Å². The molecular formula is C19H16Cl2N2O2S. The van der Waals surface area contributed by atoms with Crippen LogP contribution in [0.2, 0.25) is 10.2 Å². The lowest BCUT2D eigenvalue weighted by atomic mass is 10.2. The highest BCUT2D eigenvalue weighted by Crippen LogP contribution is 2.24. The van der Waals surface area contributed by atoms with Gasteiger partial charge in [-0.3, -0.25) is 0 Å². The highest BCUT2D eigenvalue weighted by atomic mass is 35.5. The van der Waals surface area contributed by atoms with E-state index in [0.29, 0.717) is 10.2 Å². The minimum absolute atomic E-state index is 0.154. The molecule has 0 bridgehead atoms. The van der Waals surface area contributed by atoms with Gasteiger partial charge in [0.15, 0.2) is 0 Å². The van der Waals surface area contributed by atoms with Gasteiger partial charge in [0.25, 0.3) is 0 Å². The standard InChI is InChI=1S/C19H16Cl2N2O2S/c20-17-7-4-8-18(12-17)26(24,25)23(13-15-5-2-1-3-6-15)14-16-9-10-22-19(21)11-16/h1-12H,13-14H2. The van der Waals surface area contributed by atoms with E-state index in [9.17, 15) is 8.42 Å². The topological polar surface area (TPSA) is 50.3 Å². The average Bonchev–Trinajstić information content (AvgIpc) is 2.62. The fourth-order valence-electron chi connectivity index (χ4n) is 2.53. The molecule has 0 saturated heterocycles. The van der Waals surface area contributed by atoms with E-state index in [1.807, 2.05) is 30.3 Å². The molecule has 134 valence electrons. The second-order valence-corrected chi connectivity index (χ2v) is 8.46. The molecule has 0 aliphatic carbocycles. The molecule has 0 aliphatic rings. The van der Waals surface area contributed by atoms with Gasteiger partial charge in [-0.05, 0) is 41.5 Å². The number of rotatable bonds is 6. The fourth-order valence-corrected chi connectivity index (χ4v) is 4.45. The minimum atomic E-state index is -3.75. The van der Waals surface area contributed by atoms with E-state index >= 15 is 0 Å². The van der Waals surface area contributed by atoms with E-state index in [1.165, 1.54) is 10.4 Å². The first-order chi connectivity index (χ1) is 12.4. The van der Waals surface area contributed by atoms with Crippen molar-refractivity contribution >= 4 is 33.2 Å². The third kappa shape index (κ3) is 4.62. The van der Waals surface area contributed by atoms with Crippen LogP contribution in [0, 0.1) is 0 Å². The zero-order valence-corrected chi connectivity index (χ0v) is 16.0. The predicted octanol–water partition coefficient (Wildman–Crippen LogP) is 4.78. The lowest BCUT2D eigenvalue weighted by molar-refractivity contribution is 0.401. The maximum atomic E-state index is 13.2. The van der Waals surface area contributed by atoms with Crippen molar-refractivity contribution in [2.75, 3.05) is 0 Å². The molecule has 1 heterocycles. The number of sulfonamides is 1. The molecule has 0 spiro atoms. The number of hydrogen-bond donors (Lipinski definition) is 0. The minimum Gasteiger partial charge on any atom is -0.245 e. The molecule has 2 aromatic carbocycles. The highest BCUT2D eigenvalue weighted by Gasteiger charge is 2.25. The molecule has 7 heteroatoms. The van der Waals surface area contributed by atoms with Gasteiger partial charge < -0.3 is 0 Å². The zero-order valence-electron chi connectivity index (χ0n) is 13.7. The third-order valence-corrected chi connectivity index (χ3v) is 6.01. The number of pyridine rings is 1. The van der Waals surface area contributed by atoms with E-state index in [1.54, 1.807) is 36.5 Å². The average molecular weight is 407 g/mol. The molecule has 3 rings (SSSR count). The largest absolute Gasteiger partial charge is 0.245 e. The van der Waals surface area contributed by atoms with Crippen molar-refractivity contribution in [1.29, 1.82) is 0 Å². The highest BCUT2D eigenvalue weighted by molar-refractivity contribution is 7.89. The van der Waals surface area contributed by atoms with Crippen molar-refractivity contribution in [2.24, 2.45) is 0 Å². The summed E-state index contributed by atoms with van der Waals surface area (Å²) in [6.07, 6.45) is 1.56. The lowest BCUT2D eigenvalue weighted by Crippen LogP contribution is -2.30. The number of halogens is 2. The molecule has 26 heavy (non-hydrogen) atoms. The normalized spacial score (nSPS) is 11.7. The third-order valence-electron chi connectivity index (χ3n) is 3.79. The number of aromatic nitrogens is 1. The van der Waals surface area contributed by atoms with Crippen LogP contribution < -0.4 is 0 Å². The van der Waals surface area contributed by atoms with E-state index in [-0.39, 0.29) is 18.0 Å². The summed E-state index contributed by atoms with van der Waals surface area (Å²) in [5, 5.41) is 0.694. The van der Waals surface area contributed by atoms with E-state index in [2.05, 4.69) is 4.98 Å². The van der Waals surface area contributed by atoms with Crippen molar-refractivity contribution < 1.29 is 8.42 Å². The second kappa shape index (κ2) is 8.18. The Morgan fingerprint density at radius 2 is 1.58 bits per heavy atom. The van der Waals surface area contributed by atoms with Gasteiger partial charge in [-0.1, -0.05) is 59.6 Å². The van der Waals surface area contributed by atoms with Gasteiger partial charge in [0.1, 0.15) is 5.15 Å². The fraction of sp³-hybridized carbons (Fsp3) is 0.105. The van der Waals surface area contributed by atoms with Crippen LogP contribution in [0.4, 0.5) is 0 Å².